The van der Waals surface area contributed by atoms with E-state index in [1.807, 2.05) is 13.8 Å². The van der Waals surface area contributed by atoms with Gasteiger partial charge in [0.15, 0.2) is 17.5 Å². The van der Waals surface area contributed by atoms with Crippen LogP contribution in [0.25, 0.3) is 0 Å². The number of carbonyl (C=O) groups excluding carboxylic acids is 3. The molecule has 168 valence electrons. The number of urea groups is 1. The Bertz CT molecular complexity index is 1060. The molecule has 2 aromatic rings. The minimum Gasteiger partial charge on any atom is -0.333 e. The highest BCUT2D eigenvalue weighted by molar-refractivity contribution is 6.01. The third-order valence-electron chi connectivity index (χ3n) is 6.32. The number of imide groups is 1. The van der Waals surface area contributed by atoms with Crippen molar-refractivity contribution in [3.8, 4) is 0 Å². The van der Waals surface area contributed by atoms with Crippen LogP contribution in [0.2, 0.25) is 0 Å². The lowest BCUT2D eigenvalue weighted by molar-refractivity contribution is -0.125. The smallest absolute Gasteiger partial charge is 0.324 e. The van der Waals surface area contributed by atoms with Crippen molar-refractivity contribution in [2.75, 3.05) is 13.1 Å². The highest BCUT2D eigenvalue weighted by Gasteiger charge is 2.45. The summed E-state index contributed by atoms with van der Waals surface area (Å²) in [5.41, 5.74) is 0.663. The van der Waals surface area contributed by atoms with Crippen LogP contribution in [0, 0.1) is 17.5 Å². The van der Waals surface area contributed by atoms with Crippen molar-refractivity contribution in [3.63, 3.8) is 0 Å². The molecule has 0 aromatic heterocycles. The molecule has 1 atom stereocenters. The lowest BCUT2D eigenvalue weighted by atomic mass is 9.82. The predicted octanol–water partition coefficient (Wildman–Crippen LogP) is 3.56. The average Bonchev–Trinajstić information content (AvgIpc) is 3.24. The first-order valence-electron chi connectivity index (χ1n) is 10.2. The van der Waals surface area contributed by atoms with Gasteiger partial charge in [-0.1, -0.05) is 12.1 Å². The van der Waals surface area contributed by atoms with E-state index in [0.717, 1.165) is 17.0 Å². The van der Waals surface area contributed by atoms with Gasteiger partial charge < -0.3 is 10.2 Å². The zero-order valence-electron chi connectivity index (χ0n) is 17.6. The van der Waals surface area contributed by atoms with E-state index in [-0.39, 0.29) is 30.8 Å². The molecular formula is C23H22F3N3O3. The normalized spacial score (nSPS) is 20.1. The maximum absolute atomic E-state index is 13.8. The monoisotopic (exact) mass is 445 g/mol. The minimum atomic E-state index is -1.51. The van der Waals surface area contributed by atoms with Crippen molar-refractivity contribution in [1.82, 2.24) is 15.1 Å². The van der Waals surface area contributed by atoms with Crippen molar-refractivity contribution in [3.05, 3.63) is 70.5 Å². The summed E-state index contributed by atoms with van der Waals surface area (Å²) in [7, 11) is 0. The molecule has 4 amide bonds. The van der Waals surface area contributed by atoms with Crippen LogP contribution in [0.5, 0.6) is 0 Å². The molecule has 0 bridgehead atoms. The van der Waals surface area contributed by atoms with Crippen molar-refractivity contribution in [2.24, 2.45) is 0 Å². The number of likely N-dealkylation sites (tertiary alicyclic amines) is 1. The van der Waals surface area contributed by atoms with Gasteiger partial charge in [-0.25, -0.2) is 18.0 Å². The van der Waals surface area contributed by atoms with Crippen molar-refractivity contribution < 1.29 is 27.6 Å². The fourth-order valence-electron chi connectivity index (χ4n) is 4.51. The van der Waals surface area contributed by atoms with E-state index in [1.54, 1.807) is 29.2 Å². The number of rotatable bonds is 4. The molecule has 1 N–H and O–H groups in total. The lowest BCUT2D eigenvalue weighted by Crippen LogP contribution is -2.45. The molecule has 4 rings (SSSR count). The number of hydrogen-bond acceptors (Lipinski definition) is 3. The Balaban J connectivity index is 1.51. The molecule has 0 aliphatic carbocycles. The number of carbonyl (C=O) groups is 3. The van der Waals surface area contributed by atoms with Crippen molar-refractivity contribution in [1.29, 1.82) is 0 Å². The van der Waals surface area contributed by atoms with Gasteiger partial charge in [0, 0.05) is 23.6 Å². The number of hydrogen-bond donors (Lipinski definition) is 1. The van der Waals surface area contributed by atoms with E-state index in [4.69, 9.17) is 0 Å². The van der Waals surface area contributed by atoms with E-state index in [1.165, 1.54) is 0 Å². The number of benzene rings is 2. The highest BCUT2D eigenvalue weighted by Crippen LogP contribution is 2.43. The molecule has 2 aliphatic heterocycles. The SMILES string of the molecule is CC1(C)C(c2cc(F)c(F)c(F)c2)CCN1C(=O)c1ccc(CN2C(=O)CNC2=O)cc1. The van der Waals surface area contributed by atoms with Gasteiger partial charge in [0.2, 0.25) is 5.91 Å². The van der Waals surface area contributed by atoms with E-state index in [9.17, 15) is 27.6 Å². The number of nitrogens with one attached hydrogen (secondary N) is 1. The van der Waals surface area contributed by atoms with Gasteiger partial charge in [-0.15, -0.1) is 0 Å². The molecule has 0 radical (unpaired) electrons. The zero-order valence-corrected chi connectivity index (χ0v) is 17.6. The Morgan fingerprint density at radius 3 is 2.28 bits per heavy atom. The van der Waals surface area contributed by atoms with E-state index in [0.29, 0.717) is 29.7 Å². The standard InChI is InChI=1S/C23H22F3N3O3/c1-23(2)16(15-9-17(24)20(26)18(25)10-15)7-8-29(23)21(31)14-5-3-13(4-6-14)12-28-19(30)11-27-22(28)32/h3-6,9-10,16H,7-8,11-12H2,1-2H3,(H,27,32). The Morgan fingerprint density at radius 1 is 1.09 bits per heavy atom. The predicted molar refractivity (Wildman–Crippen MR) is 109 cm³/mol. The Kier molecular flexibility index (Phi) is 5.44. The van der Waals surface area contributed by atoms with Crippen LogP contribution in [0.15, 0.2) is 36.4 Å². The average molecular weight is 445 g/mol. The van der Waals surface area contributed by atoms with Gasteiger partial charge in [0.1, 0.15) is 0 Å². The van der Waals surface area contributed by atoms with Crippen LogP contribution in [0.4, 0.5) is 18.0 Å². The number of amides is 4. The second-order valence-electron chi connectivity index (χ2n) is 8.59. The molecule has 1 unspecified atom stereocenters. The van der Waals surface area contributed by atoms with Gasteiger partial charge in [-0.05, 0) is 55.7 Å². The number of nitrogens with zero attached hydrogens (tertiary/aromatic N) is 2. The molecule has 0 spiro atoms. The van der Waals surface area contributed by atoms with Gasteiger partial charge in [-0.3, -0.25) is 14.5 Å². The summed E-state index contributed by atoms with van der Waals surface area (Å²) >= 11 is 0. The first-order valence-corrected chi connectivity index (χ1v) is 10.2. The van der Waals surface area contributed by atoms with E-state index in [2.05, 4.69) is 5.32 Å². The first kappa shape index (κ1) is 21.9. The summed E-state index contributed by atoms with van der Waals surface area (Å²) in [6.45, 7) is 4.09. The first-order chi connectivity index (χ1) is 15.1. The quantitative estimate of drug-likeness (QED) is 0.578. The third kappa shape index (κ3) is 3.72. The van der Waals surface area contributed by atoms with Crippen LogP contribution in [0.1, 0.15) is 47.7 Å². The van der Waals surface area contributed by atoms with Crippen molar-refractivity contribution in [2.45, 2.75) is 38.3 Å². The second kappa shape index (κ2) is 7.96. The van der Waals surface area contributed by atoms with E-state index < -0.39 is 29.0 Å². The Morgan fingerprint density at radius 2 is 1.72 bits per heavy atom. The largest absolute Gasteiger partial charge is 0.333 e. The molecule has 0 saturated carbocycles. The molecule has 2 aromatic carbocycles. The van der Waals surface area contributed by atoms with Gasteiger partial charge >= 0.3 is 6.03 Å². The second-order valence-corrected chi connectivity index (χ2v) is 8.59. The minimum absolute atomic E-state index is 0.0253. The third-order valence-corrected chi connectivity index (χ3v) is 6.32. The van der Waals surface area contributed by atoms with Crippen LogP contribution < -0.4 is 5.32 Å². The van der Waals surface area contributed by atoms with Crippen LogP contribution >= 0.6 is 0 Å². The Hall–Kier alpha value is -3.36. The summed E-state index contributed by atoms with van der Waals surface area (Å²) in [6, 6.07) is 8.13. The maximum Gasteiger partial charge on any atom is 0.324 e. The summed E-state index contributed by atoms with van der Waals surface area (Å²) in [6.07, 6.45) is 0.480. The molecule has 32 heavy (non-hydrogen) atoms. The molecule has 6 nitrogen and oxygen atoms in total. The molecule has 2 aliphatic rings. The molecule has 9 heteroatoms. The van der Waals surface area contributed by atoms with Crippen LogP contribution in [-0.4, -0.2) is 46.3 Å². The fraction of sp³-hybridized carbons (Fsp3) is 0.348. The summed E-state index contributed by atoms with van der Waals surface area (Å²) in [5.74, 6) is -4.93. The lowest BCUT2D eigenvalue weighted by Gasteiger charge is -2.36. The topological polar surface area (TPSA) is 69.7 Å². The summed E-state index contributed by atoms with van der Waals surface area (Å²) < 4.78 is 40.9. The fourth-order valence-corrected chi connectivity index (χ4v) is 4.51. The maximum atomic E-state index is 13.8. The molecule has 2 saturated heterocycles. The highest BCUT2D eigenvalue weighted by atomic mass is 19.2. The van der Waals surface area contributed by atoms with Gasteiger partial charge in [0.05, 0.1) is 13.1 Å². The number of halogens is 3. The van der Waals surface area contributed by atoms with Crippen molar-refractivity contribution >= 4 is 17.8 Å². The molecular weight excluding hydrogens is 423 g/mol. The molecule has 2 heterocycles. The van der Waals surface area contributed by atoms with Gasteiger partial charge in [0.25, 0.3) is 5.91 Å². The van der Waals surface area contributed by atoms with E-state index >= 15 is 0 Å². The van der Waals surface area contributed by atoms with Crippen LogP contribution in [0.3, 0.4) is 0 Å². The Labute approximate surface area is 183 Å². The molecule has 2 fully saturated rings. The van der Waals surface area contributed by atoms with Gasteiger partial charge in [-0.2, -0.15) is 0 Å². The summed E-state index contributed by atoms with van der Waals surface area (Å²) in [4.78, 5) is 39.3. The van der Waals surface area contributed by atoms with Crippen LogP contribution in [-0.2, 0) is 11.3 Å². The zero-order chi connectivity index (χ0) is 23.2. The summed E-state index contributed by atoms with van der Waals surface area (Å²) in [5, 5.41) is 2.45.